The normalized spacial score (nSPS) is 11.7. The van der Waals surface area contributed by atoms with Crippen molar-refractivity contribution in [2.75, 3.05) is 25.1 Å². The van der Waals surface area contributed by atoms with Gasteiger partial charge in [0, 0.05) is 31.7 Å². The molecule has 5 heteroatoms. The molecule has 0 saturated carbocycles. The standard InChI is InChI=1S/C14H24ClN3O/c1-14(2,3)13-16-11(15)10-12(17-13)18(4)8-6-5-7-9-19/h10,19H,5-9H2,1-4H3. The van der Waals surface area contributed by atoms with Crippen LogP contribution in [0.3, 0.4) is 0 Å². The molecule has 0 amide bonds. The summed E-state index contributed by atoms with van der Waals surface area (Å²) >= 11 is 6.07. The molecule has 0 spiro atoms. The highest BCUT2D eigenvalue weighted by Gasteiger charge is 2.19. The van der Waals surface area contributed by atoms with Gasteiger partial charge in [-0.15, -0.1) is 0 Å². The quantitative estimate of drug-likeness (QED) is 0.645. The molecule has 1 aromatic rings. The Bertz CT molecular complexity index is 404. The third kappa shape index (κ3) is 5.33. The van der Waals surface area contributed by atoms with Crippen LogP contribution in [0.4, 0.5) is 5.82 Å². The van der Waals surface area contributed by atoms with Crippen molar-refractivity contribution in [3.8, 4) is 0 Å². The topological polar surface area (TPSA) is 49.2 Å². The molecular formula is C14H24ClN3O. The van der Waals surface area contributed by atoms with Crippen LogP contribution in [0.5, 0.6) is 0 Å². The Kier molecular flexibility index (Phi) is 6.01. The van der Waals surface area contributed by atoms with Crippen molar-refractivity contribution in [2.45, 2.75) is 45.4 Å². The molecule has 0 fully saturated rings. The van der Waals surface area contributed by atoms with E-state index in [9.17, 15) is 0 Å². The fraction of sp³-hybridized carbons (Fsp3) is 0.714. The van der Waals surface area contributed by atoms with Crippen LogP contribution in [0.1, 0.15) is 45.9 Å². The van der Waals surface area contributed by atoms with Gasteiger partial charge >= 0.3 is 0 Å². The minimum absolute atomic E-state index is 0.114. The number of nitrogens with zero attached hydrogens (tertiary/aromatic N) is 3. The molecule has 108 valence electrons. The summed E-state index contributed by atoms with van der Waals surface area (Å²) < 4.78 is 0. The molecule has 1 rings (SSSR count). The molecule has 0 bridgehead atoms. The fourth-order valence-electron chi connectivity index (χ4n) is 1.69. The molecular weight excluding hydrogens is 262 g/mol. The zero-order chi connectivity index (χ0) is 14.5. The van der Waals surface area contributed by atoms with Crippen molar-refractivity contribution in [2.24, 2.45) is 0 Å². The Morgan fingerprint density at radius 3 is 2.47 bits per heavy atom. The Morgan fingerprint density at radius 2 is 1.89 bits per heavy atom. The van der Waals surface area contributed by atoms with Crippen molar-refractivity contribution in [1.29, 1.82) is 0 Å². The number of aliphatic hydroxyl groups is 1. The van der Waals surface area contributed by atoms with Crippen molar-refractivity contribution in [3.05, 3.63) is 17.0 Å². The maximum absolute atomic E-state index is 8.76. The predicted molar refractivity (Wildman–Crippen MR) is 79.9 cm³/mol. The van der Waals surface area contributed by atoms with Crippen molar-refractivity contribution in [1.82, 2.24) is 9.97 Å². The molecule has 0 aliphatic carbocycles. The summed E-state index contributed by atoms with van der Waals surface area (Å²) in [6, 6.07) is 1.79. The second-order valence-electron chi connectivity index (χ2n) is 5.83. The van der Waals surface area contributed by atoms with Crippen LogP contribution in [-0.2, 0) is 5.41 Å². The van der Waals surface area contributed by atoms with E-state index in [0.717, 1.165) is 37.4 Å². The molecule has 0 unspecified atom stereocenters. The smallest absolute Gasteiger partial charge is 0.137 e. The monoisotopic (exact) mass is 285 g/mol. The van der Waals surface area contributed by atoms with Gasteiger partial charge in [-0.3, -0.25) is 0 Å². The number of aliphatic hydroxyl groups excluding tert-OH is 1. The number of hydrogen-bond acceptors (Lipinski definition) is 4. The highest BCUT2D eigenvalue weighted by molar-refractivity contribution is 6.29. The molecule has 4 nitrogen and oxygen atoms in total. The van der Waals surface area contributed by atoms with Crippen LogP contribution < -0.4 is 4.90 Å². The predicted octanol–water partition coefficient (Wildman–Crippen LogP) is 3.03. The highest BCUT2D eigenvalue weighted by atomic mass is 35.5. The number of unbranched alkanes of at least 4 members (excludes halogenated alkanes) is 2. The zero-order valence-electron chi connectivity index (χ0n) is 12.3. The average Bonchev–Trinajstić information content (AvgIpc) is 2.32. The Hall–Kier alpha value is -0.870. The van der Waals surface area contributed by atoms with Crippen LogP contribution in [-0.4, -0.2) is 35.3 Å². The van der Waals surface area contributed by atoms with Gasteiger partial charge in [-0.2, -0.15) is 0 Å². The summed E-state index contributed by atoms with van der Waals surface area (Å²) in [6.45, 7) is 7.38. The Balaban J connectivity index is 2.74. The first-order chi connectivity index (χ1) is 8.84. The van der Waals surface area contributed by atoms with E-state index in [2.05, 4.69) is 35.6 Å². The van der Waals surface area contributed by atoms with Gasteiger partial charge < -0.3 is 10.0 Å². The summed E-state index contributed by atoms with van der Waals surface area (Å²) in [6.07, 6.45) is 2.90. The average molecular weight is 286 g/mol. The summed E-state index contributed by atoms with van der Waals surface area (Å²) in [5.74, 6) is 1.62. The lowest BCUT2D eigenvalue weighted by Crippen LogP contribution is -2.23. The first-order valence-electron chi connectivity index (χ1n) is 6.71. The largest absolute Gasteiger partial charge is 0.396 e. The molecule has 1 heterocycles. The lowest BCUT2D eigenvalue weighted by Gasteiger charge is -2.22. The molecule has 0 aliphatic rings. The third-order valence-corrected chi connectivity index (χ3v) is 3.09. The maximum atomic E-state index is 8.76. The molecule has 1 N–H and O–H groups in total. The van der Waals surface area contributed by atoms with Gasteiger partial charge in [-0.1, -0.05) is 32.4 Å². The number of anilines is 1. The molecule has 0 aliphatic heterocycles. The fourth-order valence-corrected chi connectivity index (χ4v) is 1.87. The second-order valence-corrected chi connectivity index (χ2v) is 6.22. The summed E-state index contributed by atoms with van der Waals surface area (Å²) in [4.78, 5) is 11.0. The van der Waals surface area contributed by atoms with E-state index in [1.165, 1.54) is 0 Å². The maximum Gasteiger partial charge on any atom is 0.137 e. The molecule has 19 heavy (non-hydrogen) atoms. The third-order valence-electron chi connectivity index (χ3n) is 2.89. The van der Waals surface area contributed by atoms with Crippen LogP contribution in [0.2, 0.25) is 5.15 Å². The van der Waals surface area contributed by atoms with Gasteiger partial charge in [0.1, 0.15) is 16.8 Å². The Labute approximate surface area is 120 Å². The molecule has 0 atom stereocenters. The minimum Gasteiger partial charge on any atom is -0.396 e. The van der Waals surface area contributed by atoms with Gasteiger partial charge in [-0.25, -0.2) is 9.97 Å². The van der Waals surface area contributed by atoms with E-state index >= 15 is 0 Å². The highest BCUT2D eigenvalue weighted by Crippen LogP contribution is 2.23. The zero-order valence-corrected chi connectivity index (χ0v) is 13.0. The van der Waals surface area contributed by atoms with E-state index in [1.807, 2.05) is 7.05 Å². The summed E-state index contributed by atoms with van der Waals surface area (Å²) in [7, 11) is 2.00. The number of aromatic nitrogens is 2. The van der Waals surface area contributed by atoms with E-state index < -0.39 is 0 Å². The van der Waals surface area contributed by atoms with Crippen LogP contribution in [0.25, 0.3) is 0 Å². The molecule has 0 saturated heterocycles. The van der Waals surface area contributed by atoms with Crippen LogP contribution >= 0.6 is 11.6 Å². The minimum atomic E-state index is -0.114. The summed E-state index contributed by atoms with van der Waals surface area (Å²) in [5.41, 5.74) is -0.114. The lowest BCUT2D eigenvalue weighted by atomic mass is 9.96. The van der Waals surface area contributed by atoms with Gasteiger partial charge in [0.2, 0.25) is 0 Å². The van der Waals surface area contributed by atoms with Gasteiger partial charge in [-0.05, 0) is 19.3 Å². The van der Waals surface area contributed by atoms with Crippen molar-refractivity contribution in [3.63, 3.8) is 0 Å². The van der Waals surface area contributed by atoms with E-state index in [-0.39, 0.29) is 12.0 Å². The van der Waals surface area contributed by atoms with E-state index in [4.69, 9.17) is 16.7 Å². The number of hydrogen-bond donors (Lipinski definition) is 1. The number of halogens is 1. The second kappa shape index (κ2) is 7.06. The first kappa shape index (κ1) is 16.2. The Morgan fingerprint density at radius 1 is 1.21 bits per heavy atom. The molecule has 0 radical (unpaired) electrons. The summed E-state index contributed by atoms with van der Waals surface area (Å²) in [5, 5.41) is 9.24. The SMILES string of the molecule is CN(CCCCCO)c1cc(Cl)nc(C(C)(C)C)n1. The molecule has 0 aromatic carbocycles. The van der Waals surface area contributed by atoms with Gasteiger partial charge in [0.05, 0.1) is 0 Å². The van der Waals surface area contributed by atoms with Crippen molar-refractivity contribution < 1.29 is 5.11 Å². The van der Waals surface area contributed by atoms with Crippen LogP contribution in [0, 0.1) is 0 Å². The van der Waals surface area contributed by atoms with Gasteiger partial charge in [0.15, 0.2) is 0 Å². The number of rotatable bonds is 6. The van der Waals surface area contributed by atoms with Crippen LogP contribution in [0.15, 0.2) is 6.07 Å². The lowest BCUT2D eigenvalue weighted by molar-refractivity contribution is 0.283. The van der Waals surface area contributed by atoms with Gasteiger partial charge in [0.25, 0.3) is 0 Å². The van der Waals surface area contributed by atoms with Crippen molar-refractivity contribution >= 4 is 17.4 Å². The molecule has 1 aromatic heterocycles. The van der Waals surface area contributed by atoms with E-state index in [0.29, 0.717) is 5.15 Å². The first-order valence-corrected chi connectivity index (χ1v) is 7.09. The van der Waals surface area contributed by atoms with E-state index in [1.54, 1.807) is 6.07 Å².